The van der Waals surface area contributed by atoms with E-state index in [1.165, 1.54) is 11.3 Å². The summed E-state index contributed by atoms with van der Waals surface area (Å²) < 4.78 is 1.10. The molecule has 2 aromatic heterocycles. The summed E-state index contributed by atoms with van der Waals surface area (Å²) in [4.78, 5) is 35.1. The van der Waals surface area contributed by atoms with Crippen molar-refractivity contribution in [2.75, 3.05) is 24.5 Å². The first-order valence-electron chi connectivity index (χ1n) is 12.6. The highest BCUT2D eigenvalue weighted by Crippen LogP contribution is 2.56. The topological polar surface area (TPSA) is 65.5 Å². The molecule has 3 fully saturated rings. The normalized spacial score (nSPS) is 23.4. The predicted molar refractivity (Wildman–Crippen MR) is 139 cm³/mol. The zero-order chi connectivity index (χ0) is 23.7. The fourth-order valence-corrected chi connectivity index (χ4v) is 7.97. The molecule has 1 atom stereocenters. The predicted octanol–water partition coefficient (Wildman–Crippen LogP) is 4.87. The number of fused-ring (bicyclic) bond motifs is 2. The van der Waals surface area contributed by atoms with Gasteiger partial charge in [0.05, 0.1) is 15.8 Å². The van der Waals surface area contributed by atoms with Gasteiger partial charge >= 0.3 is 0 Å². The number of hydrogen-bond donors (Lipinski definition) is 1. The molecule has 7 rings (SSSR count). The lowest BCUT2D eigenvalue weighted by atomic mass is 9.92. The molecule has 3 aliphatic heterocycles. The van der Waals surface area contributed by atoms with Gasteiger partial charge in [0.25, 0.3) is 0 Å². The lowest BCUT2D eigenvalue weighted by Gasteiger charge is -2.38. The maximum atomic E-state index is 12.6. The first kappa shape index (κ1) is 21.8. The van der Waals surface area contributed by atoms with Crippen LogP contribution in [0, 0.1) is 0 Å². The minimum Gasteiger partial charge on any atom is -0.366 e. The summed E-state index contributed by atoms with van der Waals surface area (Å²) in [6, 6.07) is 8.93. The summed E-state index contributed by atoms with van der Waals surface area (Å²) in [5.74, 6) is -0.0780. The van der Waals surface area contributed by atoms with Gasteiger partial charge in [0.1, 0.15) is 0 Å². The molecule has 5 heterocycles. The number of halogens is 1. The Morgan fingerprint density at radius 2 is 1.91 bits per heavy atom. The Balaban J connectivity index is 1.38. The molecule has 180 valence electrons. The number of aromatic nitrogens is 1. The van der Waals surface area contributed by atoms with Gasteiger partial charge in [-0.15, -0.1) is 11.3 Å². The van der Waals surface area contributed by atoms with Gasteiger partial charge in [-0.25, -0.2) is 0 Å². The number of likely N-dealkylation sites (tertiary alicyclic amines) is 1. The number of pyridine rings is 1. The van der Waals surface area contributed by atoms with E-state index in [0.29, 0.717) is 18.9 Å². The third kappa shape index (κ3) is 3.35. The molecule has 2 amide bonds. The van der Waals surface area contributed by atoms with Gasteiger partial charge < -0.3 is 10.2 Å². The van der Waals surface area contributed by atoms with Crippen molar-refractivity contribution >= 4 is 50.7 Å². The van der Waals surface area contributed by atoms with E-state index in [0.717, 1.165) is 83.0 Å². The Bertz CT molecular complexity index is 1360. The SMILES string of the molecule is O=C1CCC(=O)N1C1(c2cc3nccc(-c4cc(Cl)cc5c4N([C@H]4CCNC4)CCC5)c3s2)CC1. The van der Waals surface area contributed by atoms with Gasteiger partial charge in [-0.2, -0.15) is 0 Å². The second-order valence-electron chi connectivity index (χ2n) is 10.2. The van der Waals surface area contributed by atoms with Gasteiger partial charge in [0, 0.05) is 64.9 Å². The minimum atomic E-state index is -0.470. The van der Waals surface area contributed by atoms with Crippen molar-refractivity contribution in [2.45, 2.75) is 56.5 Å². The Kier molecular flexibility index (Phi) is 4.99. The van der Waals surface area contributed by atoms with E-state index < -0.39 is 5.54 Å². The molecule has 1 saturated carbocycles. The number of nitrogens with zero attached hydrogens (tertiary/aromatic N) is 3. The number of amides is 2. The second kappa shape index (κ2) is 8.02. The number of anilines is 1. The molecule has 1 aliphatic carbocycles. The van der Waals surface area contributed by atoms with Crippen LogP contribution in [0.25, 0.3) is 21.3 Å². The van der Waals surface area contributed by atoms with Crippen LogP contribution < -0.4 is 10.2 Å². The van der Waals surface area contributed by atoms with Crippen LogP contribution in [0.4, 0.5) is 5.69 Å². The van der Waals surface area contributed by atoms with E-state index in [-0.39, 0.29) is 11.8 Å². The van der Waals surface area contributed by atoms with E-state index in [2.05, 4.69) is 34.5 Å². The Hall–Kier alpha value is -2.48. The molecule has 0 unspecified atom stereocenters. The average molecular weight is 507 g/mol. The molecule has 35 heavy (non-hydrogen) atoms. The zero-order valence-electron chi connectivity index (χ0n) is 19.5. The van der Waals surface area contributed by atoms with Crippen LogP contribution in [0.15, 0.2) is 30.5 Å². The van der Waals surface area contributed by atoms with Crippen molar-refractivity contribution < 1.29 is 9.59 Å². The summed E-state index contributed by atoms with van der Waals surface area (Å²) in [7, 11) is 0. The summed E-state index contributed by atoms with van der Waals surface area (Å²) in [6.45, 7) is 3.13. The number of thiophene rings is 1. The molecule has 8 heteroatoms. The highest BCUT2D eigenvalue weighted by atomic mass is 35.5. The molecule has 1 aromatic carbocycles. The second-order valence-corrected chi connectivity index (χ2v) is 11.7. The Morgan fingerprint density at radius 1 is 1.09 bits per heavy atom. The summed E-state index contributed by atoms with van der Waals surface area (Å²) >= 11 is 8.36. The lowest BCUT2D eigenvalue weighted by molar-refractivity contribution is -0.142. The van der Waals surface area contributed by atoms with Crippen molar-refractivity contribution in [3.05, 3.63) is 45.9 Å². The highest BCUT2D eigenvalue weighted by Gasteiger charge is 2.56. The van der Waals surface area contributed by atoms with Gasteiger partial charge in [0.15, 0.2) is 0 Å². The van der Waals surface area contributed by atoms with E-state index in [4.69, 9.17) is 16.6 Å². The van der Waals surface area contributed by atoms with E-state index >= 15 is 0 Å². The zero-order valence-corrected chi connectivity index (χ0v) is 21.1. The van der Waals surface area contributed by atoms with Gasteiger partial charge in [-0.05, 0) is 68.5 Å². The van der Waals surface area contributed by atoms with Crippen molar-refractivity contribution in [3.8, 4) is 11.1 Å². The van der Waals surface area contributed by atoms with Crippen LogP contribution >= 0.6 is 22.9 Å². The van der Waals surface area contributed by atoms with Crippen LogP contribution in [-0.4, -0.2) is 47.4 Å². The highest BCUT2D eigenvalue weighted by molar-refractivity contribution is 7.19. The first-order valence-corrected chi connectivity index (χ1v) is 13.8. The Morgan fingerprint density at radius 3 is 2.66 bits per heavy atom. The summed E-state index contributed by atoms with van der Waals surface area (Å²) in [5, 5.41) is 4.29. The molecule has 4 aliphatic rings. The number of imide groups is 1. The molecule has 0 bridgehead atoms. The maximum Gasteiger partial charge on any atom is 0.230 e. The van der Waals surface area contributed by atoms with Crippen molar-refractivity contribution in [1.29, 1.82) is 0 Å². The number of rotatable bonds is 4. The number of carbonyl (C=O) groups excluding carboxylic acids is 2. The molecule has 2 saturated heterocycles. The van der Waals surface area contributed by atoms with Gasteiger partial charge in [0.2, 0.25) is 11.8 Å². The van der Waals surface area contributed by atoms with Crippen LogP contribution in [0.3, 0.4) is 0 Å². The van der Waals surface area contributed by atoms with Crippen LogP contribution in [-0.2, 0) is 21.5 Å². The molecule has 1 N–H and O–H groups in total. The molecule has 6 nitrogen and oxygen atoms in total. The standard InChI is InChI=1S/C27H27ClN4O2S/c28-17-12-16-2-1-11-31(18-5-9-29-15-18)25(16)20(13-17)19-6-10-30-21-14-22(35-26(19)21)27(7-8-27)32-23(33)3-4-24(32)34/h6,10,12-14,18,29H,1-5,7-9,11,15H2/t18-/m0/s1. The van der Waals surface area contributed by atoms with E-state index in [9.17, 15) is 9.59 Å². The fraction of sp³-hybridized carbons (Fsp3) is 0.444. The number of aryl methyl sites for hydroxylation is 1. The van der Waals surface area contributed by atoms with Gasteiger partial charge in [-0.1, -0.05) is 11.6 Å². The van der Waals surface area contributed by atoms with Crippen molar-refractivity contribution in [3.63, 3.8) is 0 Å². The first-order chi connectivity index (χ1) is 17.0. The monoisotopic (exact) mass is 506 g/mol. The maximum absolute atomic E-state index is 12.6. The quantitative estimate of drug-likeness (QED) is 0.511. The van der Waals surface area contributed by atoms with Crippen LogP contribution in [0.5, 0.6) is 0 Å². The molecule has 0 radical (unpaired) electrons. The Labute approximate surface area is 213 Å². The lowest BCUT2D eigenvalue weighted by Crippen LogP contribution is -2.40. The number of nitrogens with one attached hydrogen (secondary N) is 1. The number of benzene rings is 1. The number of hydrogen-bond acceptors (Lipinski definition) is 6. The third-order valence-electron chi connectivity index (χ3n) is 8.12. The molecular weight excluding hydrogens is 480 g/mol. The molecule has 0 spiro atoms. The van der Waals surface area contributed by atoms with E-state index in [1.54, 1.807) is 16.2 Å². The van der Waals surface area contributed by atoms with Crippen molar-refractivity contribution in [2.24, 2.45) is 0 Å². The summed E-state index contributed by atoms with van der Waals surface area (Å²) in [5.41, 5.74) is 5.38. The van der Waals surface area contributed by atoms with Crippen LogP contribution in [0.2, 0.25) is 5.02 Å². The molecular formula is C27H27ClN4O2S. The van der Waals surface area contributed by atoms with Crippen LogP contribution in [0.1, 0.15) is 49.0 Å². The van der Waals surface area contributed by atoms with Crippen molar-refractivity contribution in [1.82, 2.24) is 15.2 Å². The molecule has 3 aromatic rings. The third-order valence-corrected chi connectivity index (χ3v) is 9.69. The summed E-state index contributed by atoms with van der Waals surface area (Å²) in [6.07, 6.45) is 7.52. The smallest absolute Gasteiger partial charge is 0.230 e. The largest absolute Gasteiger partial charge is 0.366 e. The number of carbonyl (C=O) groups is 2. The average Bonchev–Trinajstić information content (AvgIpc) is 3.20. The fourth-order valence-electron chi connectivity index (χ4n) is 6.35. The minimum absolute atomic E-state index is 0.0390. The van der Waals surface area contributed by atoms with Gasteiger partial charge in [-0.3, -0.25) is 19.5 Å². The van der Waals surface area contributed by atoms with E-state index in [1.807, 2.05) is 6.20 Å².